The molecule has 1 atom stereocenters. The molecule has 0 aliphatic rings. The molecule has 0 radical (unpaired) electrons. The molecule has 8 nitrogen and oxygen atoms in total. The second-order valence-corrected chi connectivity index (χ2v) is 9.87. The lowest BCUT2D eigenvalue weighted by molar-refractivity contribution is 0.102. The SMILES string of the molecule is CC[C@H](NS(=O)(=O)c1nnc(NC(=O)c2cccc(C)c2)s1)c1ccc(OC)c(C)c1. The molecule has 164 valence electrons. The molecule has 2 N–H and O–H groups in total. The summed E-state index contributed by atoms with van der Waals surface area (Å²) in [6.45, 7) is 5.67. The number of benzene rings is 2. The first-order valence-electron chi connectivity index (χ1n) is 9.62. The van der Waals surface area contributed by atoms with Gasteiger partial charge >= 0.3 is 0 Å². The average Bonchev–Trinajstić information content (AvgIpc) is 3.21. The van der Waals surface area contributed by atoms with E-state index in [0.717, 1.165) is 33.8 Å². The third-order valence-corrected chi connectivity index (χ3v) is 7.34. The van der Waals surface area contributed by atoms with Gasteiger partial charge in [0.05, 0.1) is 7.11 Å². The summed E-state index contributed by atoms with van der Waals surface area (Å²) in [6, 6.07) is 12.2. The van der Waals surface area contributed by atoms with Crippen molar-refractivity contribution >= 4 is 32.4 Å². The van der Waals surface area contributed by atoms with E-state index < -0.39 is 16.1 Å². The third kappa shape index (κ3) is 5.46. The zero-order valence-electron chi connectivity index (χ0n) is 17.7. The number of aryl methyl sites for hydroxylation is 2. The van der Waals surface area contributed by atoms with E-state index in [-0.39, 0.29) is 15.4 Å². The molecule has 2 aromatic carbocycles. The minimum atomic E-state index is -3.92. The molecule has 3 rings (SSSR count). The number of hydrogen-bond acceptors (Lipinski definition) is 7. The molecular formula is C21H24N4O4S2. The number of carbonyl (C=O) groups excluding carboxylic acids is 1. The van der Waals surface area contributed by atoms with Gasteiger partial charge in [-0.1, -0.05) is 48.1 Å². The van der Waals surface area contributed by atoms with E-state index in [1.165, 1.54) is 0 Å². The van der Waals surface area contributed by atoms with Gasteiger partial charge < -0.3 is 4.74 Å². The third-order valence-electron chi connectivity index (χ3n) is 4.66. The van der Waals surface area contributed by atoms with Gasteiger partial charge in [-0.25, -0.2) is 13.1 Å². The van der Waals surface area contributed by atoms with Crippen molar-refractivity contribution in [3.63, 3.8) is 0 Å². The molecule has 0 fully saturated rings. The number of amides is 1. The minimum Gasteiger partial charge on any atom is -0.496 e. The molecule has 0 unspecified atom stereocenters. The number of sulfonamides is 1. The zero-order chi connectivity index (χ0) is 22.6. The summed E-state index contributed by atoms with van der Waals surface area (Å²) in [7, 11) is -2.33. The highest BCUT2D eigenvalue weighted by Gasteiger charge is 2.25. The summed E-state index contributed by atoms with van der Waals surface area (Å²) >= 11 is 0.799. The Labute approximate surface area is 185 Å². The van der Waals surface area contributed by atoms with Gasteiger partial charge in [0.1, 0.15) is 5.75 Å². The summed E-state index contributed by atoms with van der Waals surface area (Å²) < 4.78 is 33.4. The maximum absolute atomic E-state index is 12.9. The fourth-order valence-electron chi connectivity index (χ4n) is 3.07. The van der Waals surface area contributed by atoms with Crippen LogP contribution in [0, 0.1) is 13.8 Å². The van der Waals surface area contributed by atoms with E-state index in [2.05, 4.69) is 20.2 Å². The Kier molecular flexibility index (Phi) is 7.04. The smallest absolute Gasteiger partial charge is 0.270 e. The van der Waals surface area contributed by atoms with Crippen LogP contribution in [0.1, 0.15) is 46.4 Å². The Balaban J connectivity index is 1.75. The number of nitrogens with one attached hydrogen (secondary N) is 2. The average molecular weight is 461 g/mol. The molecule has 1 amide bonds. The van der Waals surface area contributed by atoms with Crippen molar-refractivity contribution in [2.24, 2.45) is 0 Å². The second-order valence-electron chi connectivity index (χ2n) is 7.01. The van der Waals surface area contributed by atoms with Gasteiger partial charge in [-0.2, -0.15) is 0 Å². The van der Waals surface area contributed by atoms with Crippen molar-refractivity contribution in [1.29, 1.82) is 0 Å². The van der Waals surface area contributed by atoms with Crippen molar-refractivity contribution in [2.75, 3.05) is 12.4 Å². The number of hydrogen-bond donors (Lipinski definition) is 2. The normalized spacial score (nSPS) is 12.4. The number of methoxy groups -OCH3 is 1. The van der Waals surface area contributed by atoms with Gasteiger partial charge in [0.25, 0.3) is 15.9 Å². The van der Waals surface area contributed by atoms with E-state index in [1.807, 2.05) is 45.0 Å². The molecule has 1 aromatic heterocycles. The molecule has 0 saturated heterocycles. The van der Waals surface area contributed by atoms with Crippen LogP contribution in [0.5, 0.6) is 5.75 Å². The number of anilines is 1. The van der Waals surface area contributed by atoms with Gasteiger partial charge in [0.15, 0.2) is 0 Å². The first-order valence-corrected chi connectivity index (χ1v) is 11.9. The Bertz CT molecular complexity index is 1190. The molecule has 0 aliphatic heterocycles. The van der Waals surface area contributed by atoms with E-state index in [1.54, 1.807) is 25.3 Å². The second kappa shape index (κ2) is 9.54. The molecule has 10 heteroatoms. The molecule has 0 spiro atoms. The monoisotopic (exact) mass is 460 g/mol. The van der Waals surface area contributed by atoms with Crippen LogP contribution < -0.4 is 14.8 Å². The van der Waals surface area contributed by atoms with E-state index >= 15 is 0 Å². The number of ether oxygens (including phenoxy) is 1. The Morgan fingerprint density at radius 1 is 1.16 bits per heavy atom. The number of rotatable bonds is 8. The van der Waals surface area contributed by atoms with E-state index in [0.29, 0.717) is 12.0 Å². The largest absolute Gasteiger partial charge is 0.496 e. The zero-order valence-corrected chi connectivity index (χ0v) is 19.3. The lowest BCUT2D eigenvalue weighted by Gasteiger charge is -2.17. The van der Waals surface area contributed by atoms with Crippen molar-refractivity contribution in [3.05, 3.63) is 64.7 Å². The molecule has 0 saturated carbocycles. The van der Waals surface area contributed by atoms with Crippen LogP contribution in [0.15, 0.2) is 46.8 Å². The van der Waals surface area contributed by atoms with E-state index in [9.17, 15) is 13.2 Å². The quantitative estimate of drug-likeness (QED) is 0.494. The van der Waals surface area contributed by atoms with Gasteiger partial charge in [-0.3, -0.25) is 10.1 Å². The number of nitrogens with zero attached hydrogens (tertiary/aromatic N) is 2. The maximum Gasteiger partial charge on any atom is 0.270 e. The van der Waals surface area contributed by atoms with Crippen molar-refractivity contribution in [2.45, 2.75) is 37.6 Å². The Morgan fingerprint density at radius 3 is 2.58 bits per heavy atom. The van der Waals surface area contributed by atoms with Crippen molar-refractivity contribution in [3.8, 4) is 5.75 Å². The summed E-state index contributed by atoms with van der Waals surface area (Å²) in [4.78, 5) is 12.4. The highest BCUT2D eigenvalue weighted by molar-refractivity contribution is 7.91. The first kappa shape index (κ1) is 22.9. The van der Waals surface area contributed by atoms with Crippen molar-refractivity contribution in [1.82, 2.24) is 14.9 Å². The molecule has 0 aliphatic carbocycles. The van der Waals surface area contributed by atoms with Crippen LogP contribution >= 0.6 is 11.3 Å². The summed E-state index contributed by atoms with van der Waals surface area (Å²) in [5.41, 5.74) is 3.13. The maximum atomic E-state index is 12.9. The van der Waals surface area contributed by atoms with Crippen LogP contribution in [0.4, 0.5) is 5.13 Å². The Hall–Kier alpha value is -2.82. The number of aromatic nitrogens is 2. The highest BCUT2D eigenvalue weighted by Crippen LogP contribution is 2.27. The van der Waals surface area contributed by atoms with Crippen LogP contribution in [0.2, 0.25) is 0 Å². The van der Waals surface area contributed by atoms with Gasteiger partial charge in [-0.05, 0) is 49.6 Å². The highest BCUT2D eigenvalue weighted by atomic mass is 32.2. The predicted octanol–water partition coefficient (Wildman–Crippen LogP) is 3.85. The molecule has 1 heterocycles. The summed E-state index contributed by atoms with van der Waals surface area (Å²) in [5, 5.41) is 10.3. The fourth-order valence-corrected chi connectivity index (χ4v) is 5.29. The topological polar surface area (TPSA) is 110 Å². The minimum absolute atomic E-state index is 0.111. The van der Waals surface area contributed by atoms with Gasteiger partial charge in [0, 0.05) is 11.6 Å². The Morgan fingerprint density at radius 2 is 1.94 bits per heavy atom. The fraction of sp³-hybridized carbons (Fsp3) is 0.286. The van der Waals surface area contributed by atoms with Crippen LogP contribution in [-0.2, 0) is 10.0 Å². The van der Waals surface area contributed by atoms with Crippen LogP contribution in [-0.4, -0.2) is 31.6 Å². The lowest BCUT2D eigenvalue weighted by atomic mass is 10.0. The lowest BCUT2D eigenvalue weighted by Crippen LogP contribution is -2.28. The first-order chi connectivity index (χ1) is 14.7. The van der Waals surface area contributed by atoms with Crippen molar-refractivity contribution < 1.29 is 17.9 Å². The van der Waals surface area contributed by atoms with E-state index in [4.69, 9.17) is 4.74 Å². The molecule has 31 heavy (non-hydrogen) atoms. The molecule has 0 bridgehead atoms. The van der Waals surface area contributed by atoms with Gasteiger partial charge in [0.2, 0.25) is 9.47 Å². The van der Waals surface area contributed by atoms with Gasteiger partial charge in [-0.15, -0.1) is 10.2 Å². The predicted molar refractivity (Wildman–Crippen MR) is 120 cm³/mol. The molecule has 3 aromatic rings. The van der Waals surface area contributed by atoms with Crippen LogP contribution in [0.3, 0.4) is 0 Å². The summed E-state index contributed by atoms with van der Waals surface area (Å²) in [6.07, 6.45) is 0.542. The molecular weight excluding hydrogens is 436 g/mol. The summed E-state index contributed by atoms with van der Waals surface area (Å²) in [5.74, 6) is 0.358. The standard InChI is InChI=1S/C21H24N4O4S2/c1-5-17(15-9-10-18(29-4)14(3)12-15)25-31(27,28)21-24-23-20(30-21)22-19(26)16-8-6-7-13(2)11-16/h6-12,17,25H,5H2,1-4H3,(H,22,23,26)/t17-/m0/s1. The van der Waals surface area contributed by atoms with Crippen LogP contribution in [0.25, 0.3) is 0 Å². The number of carbonyl (C=O) groups is 1.